The van der Waals surface area contributed by atoms with Gasteiger partial charge in [0.05, 0.1) is 24.3 Å². The van der Waals surface area contributed by atoms with Crippen molar-refractivity contribution in [2.75, 3.05) is 18.5 Å². The third-order valence-corrected chi connectivity index (χ3v) is 4.07. The molecule has 1 radical (unpaired) electrons. The van der Waals surface area contributed by atoms with Crippen molar-refractivity contribution in [2.24, 2.45) is 4.99 Å². The number of aliphatic hydroxyl groups is 1. The third-order valence-electron chi connectivity index (χ3n) is 4.07. The molecule has 2 aromatic rings. The number of rotatable bonds is 2. The van der Waals surface area contributed by atoms with Gasteiger partial charge in [-0.3, -0.25) is 9.59 Å². The van der Waals surface area contributed by atoms with Gasteiger partial charge in [0, 0.05) is 32.8 Å². The van der Waals surface area contributed by atoms with Gasteiger partial charge in [0.25, 0.3) is 0 Å². The van der Waals surface area contributed by atoms with Crippen molar-refractivity contribution in [1.82, 2.24) is 0 Å². The molecule has 1 aliphatic rings. The zero-order valence-electron chi connectivity index (χ0n) is 17.0. The van der Waals surface area contributed by atoms with Gasteiger partial charge in [-0.15, -0.1) is 35.9 Å². The molecule has 1 heterocycles. The number of hydrogen-bond donors (Lipinski definition) is 1. The van der Waals surface area contributed by atoms with Gasteiger partial charge >= 0.3 is 12.0 Å². The first-order valence-electron chi connectivity index (χ1n) is 8.90. The summed E-state index contributed by atoms with van der Waals surface area (Å²) >= 11 is 0. The second-order valence-corrected chi connectivity index (χ2v) is 6.55. The van der Waals surface area contributed by atoms with Crippen LogP contribution in [0, 0.1) is 6.07 Å². The molecule has 0 saturated heterocycles. The predicted octanol–water partition coefficient (Wildman–Crippen LogP) is 4.33. The molecule has 1 amide bonds. The molecule has 3 rings (SSSR count). The Kier molecular flexibility index (Phi) is 9.34. The maximum atomic E-state index is 13.0. The summed E-state index contributed by atoms with van der Waals surface area (Å²) in [5, 5.41) is 8.40. The van der Waals surface area contributed by atoms with E-state index < -0.39 is 11.7 Å². The number of anilines is 1. The average molecular weight is 611 g/mol. The molecule has 0 aromatic heterocycles. The number of aliphatic imine (C=N–C) groups is 1. The zero-order valence-corrected chi connectivity index (χ0v) is 19.4. The number of nitrogens with zero attached hydrogens (tertiary/aromatic N) is 2. The van der Waals surface area contributed by atoms with E-state index in [0.717, 1.165) is 12.1 Å². The van der Waals surface area contributed by atoms with Crippen LogP contribution in [0.15, 0.2) is 59.3 Å². The molecule has 0 fully saturated rings. The van der Waals surface area contributed by atoms with Crippen molar-refractivity contribution in [2.45, 2.75) is 20.0 Å². The predicted molar refractivity (Wildman–Crippen MR) is 110 cm³/mol. The van der Waals surface area contributed by atoms with Crippen molar-refractivity contribution in [3.8, 4) is 0 Å². The largest absolute Gasteiger partial charge is 0.512 e. The Hall–Kier alpha value is -2.77. The smallest absolute Gasteiger partial charge is 0.416 e. The Morgan fingerprint density at radius 3 is 2.42 bits per heavy atom. The quantitative estimate of drug-likeness (QED) is 0.238. The first kappa shape index (κ1) is 26.3. The van der Waals surface area contributed by atoms with Crippen molar-refractivity contribution in [1.29, 1.82) is 0 Å². The summed E-state index contributed by atoms with van der Waals surface area (Å²) in [5.74, 6) is -0.0306. The molecule has 0 bridgehead atoms. The minimum atomic E-state index is -4.46. The van der Waals surface area contributed by atoms with Crippen LogP contribution in [-0.2, 0) is 31.1 Å². The van der Waals surface area contributed by atoms with Crippen LogP contribution in [0.1, 0.15) is 30.5 Å². The fraction of sp³-hybridized carbons (Fsp3) is 0.227. The number of ketones is 1. The average Bonchev–Trinajstić information content (AvgIpc) is 2.78. The SMILES string of the molecule is CC(=[OH+])/C=C(/C)O.CN1C(=O)CN=C(c2[c-]cccc2)c2cc(C(F)(F)F)ccc21.[Ir]. The van der Waals surface area contributed by atoms with Crippen LogP contribution in [0.4, 0.5) is 18.9 Å². The van der Waals surface area contributed by atoms with Crippen LogP contribution in [0.3, 0.4) is 0 Å². The van der Waals surface area contributed by atoms with E-state index in [1.807, 2.05) is 0 Å². The van der Waals surface area contributed by atoms with Gasteiger partial charge in [-0.05, 0) is 36.4 Å². The van der Waals surface area contributed by atoms with Crippen molar-refractivity contribution < 1.29 is 48.0 Å². The molecule has 2 aromatic carbocycles. The zero-order chi connectivity index (χ0) is 22.5. The Labute approximate surface area is 191 Å². The Balaban J connectivity index is 0.000000523. The fourth-order valence-electron chi connectivity index (χ4n) is 2.74. The van der Waals surface area contributed by atoms with Crippen LogP contribution in [-0.4, -0.2) is 40.9 Å². The van der Waals surface area contributed by atoms with Crippen LogP contribution >= 0.6 is 0 Å². The van der Waals surface area contributed by atoms with E-state index in [0.29, 0.717) is 17.0 Å². The number of fused-ring (bicyclic) bond motifs is 1. The first-order chi connectivity index (χ1) is 14.0. The molecule has 9 heteroatoms. The number of allylic oxidation sites excluding steroid dienone is 2. The summed E-state index contributed by atoms with van der Waals surface area (Å²) in [5.41, 5.74) is 0.787. The number of amides is 1. The summed E-state index contributed by atoms with van der Waals surface area (Å²) in [7, 11) is 1.53. The Bertz CT molecular complexity index is 999. The maximum Gasteiger partial charge on any atom is 0.416 e. The molecule has 31 heavy (non-hydrogen) atoms. The molecule has 1 aliphatic heterocycles. The van der Waals surface area contributed by atoms with E-state index >= 15 is 0 Å². The third kappa shape index (κ3) is 7.15. The van der Waals surface area contributed by atoms with Crippen molar-refractivity contribution >= 4 is 23.1 Å². The Morgan fingerprint density at radius 2 is 1.94 bits per heavy atom. The molecule has 5 nitrogen and oxygen atoms in total. The summed E-state index contributed by atoms with van der Waals surface area (Å²) < 4.78 is 39.1. The number of benzodiazepines with no additional fused rings is 1. The second-order valence-electron chi connectivity index (χ2n) is 6.55. The standard InChI is InChI=1S/C17H12F3N2O.C5H8O2.Ir/c1-22-14-8-7-12(17(18,19)20)9-13(14)16(21-10-15(22)23)11-5-3-2-4-6-11;1-4(6)3-5(2)7;/h2-5,7-9H,10H2,1H3;3,6H,1-2H3;/q-1;;/p+1/b;4-3-;. The number of carbonyl (C=O) groups excluding carboxylic acids is 2. The van der Waals surface area contributed by atoms with E-state index in [1.54, 1.807) is 24.3 Å². The topological polar surface area (TPSA) is 74.3 Å². The van der Waals surface area contributed by atoms with Crippen molar-refractivity contribution in [3.63, 3.8) is 0 Å². The molecule has 167 valence electrons. The number of carbonyl (C=O) groups is 1. The molecular formula is C22H21F3IrN2O3. The van der Waals surface area contributed by atoms with E-state index in [-0.39, 0.29) is 49.7 Å². The van der Waals surface area contributed by atoms with E-state index in [2.05, 4.69) is 11.1 Å². The first-order valence-corrected chi connectivity index (χ1v) is 8.90. The molecule has 0 spiro atoms. The second kappa shape index (κ2) is 11.0. The fourth-order valence-corrected chi connectivity index (χ4v) is 2.74. The minimum absolute atomic E-state index is 0. The number of hydrogen-bond acceptors (Lipinski definition) is 3. The molecule has 0 atom stereocenters. The summed E-state index contributed by atoms with van der Waals surface area (Å²) in [6.45, 7) is 2.88. The number of halogens is 3. The molecule has 2 N–H and O–H groups in total. The van der Waals surface area contributed by atoms with Crippen LogP contribution < -0.4 is 4.90 Å². The molecular weight excluding hydrogens is 589 g/mol. The number of alkyl halides is 3. The van der Waals surface area contributed by atoms with Gasteiger partial charge in [0.15, 0.2) is 0 Å². The van der Waals surface area contributed by atoms with Gasteiger partial charge < -0.3 is 15.0 Å². The van der Waals surface area contributed by atoms with E-state index in [4.69, 9.17) is 9.90 Å². The Morgan fingerprint density at radius 1 is 1.26 bits per heavy atom. The molecule has 0 saturated carbocycles. The van der Waals surface area contributed by atoms with Gasteiger partial charge in [-0.25, -0.2) is 0 Å². The van der Waals surface area contributed by atoms with E-state index in [9.17, 15) is 18.0 Å². The summed E-state index contributed by atoms with van der Waals surface area (Å²) in [6, 6.07) is 13.1. The van der Waals surface area contributed by atoms with Gasteiger partial charge in [0.2, 0.25) is 5.91 Å². The van der Waals surface area contributed by atoms with Gasteiger partial charge in [-0.1, -0.05) is 0 Å². The van der Waals surface area contributed by atoms with Gasteiger partial charge in [0.1, 0.15) is 6.54 Å². The molecule has 0 aliphatic carbocycles. The number of aliphatic hydroxyl groups excluding tert-OH is 1. The number of benzene rings is 2. The summed E-state index contributed by atoms with van der Waals surface area (Å²) in [6.07, 6.45) is -3.19. The van der Waals surface area contributed by atoms with Gasteiger partial charge in [-0.2, -0.15) is 13.2 Å². The monoisotopic (exact) mass is 611 g/mol. The van der Waals surface area contributed by atoms with E-state index in [1.165, 1.54) is 37.9 Å². The minimum Gasteiger partial charge on any atom is -0.512 e. The maximum absolute atomic E-state index is 13.0. The van der Waals surface area contributed by atoms with Crippen LogP contribution in [0.25, 0.3) is 0 Å². The molecule has 0 unspecified atom stereocenters. The number of likely N-dealkylation sites (N-methyl/N-ethyl adjacent to an activating group) is 1. The van der Waals surface area contributed by atoms with Crippen LogP contribution in [0.2, 0.25) is 0 Å². The summed E-state index contributed by atoms with van der Waals surface area (Å²) in [4.78, 5) is 26.0. The normalized spacial score (nSPS) is 13.7. The van der Waals surface area contributed by atoms with Crippen LogP contribution in [0.5, 0.6) is 0 Å². The van der Waals surface area contributed by atoms with Crippen molar-refractivity contribution in [3.05, 3.63) is 77.1 Å².